The summed E-state index contributed by atoms with van der Waals surface area (Å²) in [6, 6.07) is 4.34. The topological polar surface area (TPSA) is 76.0 Å². The molecule has 0 amide bonds. The Labute approximate surface area is 169 Å². The zero-order valence-corrected chi connectivity index (χ0v) is 18.2. The van der Waals surface area contributed by atoms with Crippen molar-refractivity contribution in [2.24, 2.45) is 0 Å². The highest BCUT2D eigenvalue weighted by atomic mass is 16.5. The van der Waals surface area contributed by atoms with Gasteiger partial charge in [-0.2, -0.15) is 0 Å². The van der Waals surface area contributed by atoms with Crippen LogP contribution in [0.1, 0.15) is 77.5 Å². The molecule has 0 spiro atoms. The van der Waals surface area contributed by atoms with E-state index in [1.807, 2.05) is 0 Å². The molecule has 0 saturated carbocycles. The van der Waals surface area contributed by atoms with Crippen LogP contribution in [-0.4, -0.2) is 40.6 Å². The molecular weight excluding hydrogens is 356 g/mol. The first-order valence-corrected chi connectivity index (χ1v) is 10.3. The van der Waals surface area contributed by atoms with Crippen LogP contribution in [0.25, 0.3) is 0 Å². The van der Waals surface area contributed by atoms with Gasteiger partial charge in [-0.3, -0.25) is 4.79 Å². The summed E-state index contributed by atoms with van der Waals surface area (Å²) < 4.78 is 11.1. The van der Waals surface area contributed by atoms with Crippen molar-refractivity contribution in [1.29, 1.82) is 0 Å². The van der Waals surface area contributed by atoms with Crippen molar-refractivity contribution in [3.05, 3.63) is 28.8 Å². The zero-order valence-electron chi connectivity index (χ0n) is 18.2. The van der Waals surface area contributed by atoms with Gasteiger partial charge in [0.15, 0.2) is 0 Å². The van der Waals surface area contributed by atoms with Crippen LogP contribution in [0.4, 0.5) is 0 Å². The summed E-state index contributed by atoms with van der Waals surface area (Å²) in [4.78, 5) is 11.5. The minimum atomic E-state index is -0.896. The Hall–Kier alpha value is -1.59. The maximum Gasteiger partial charge on any atom is 0.308 e. The molecule has 2 rings (SSSR count). The monoisotopic (exact) mass is 392 g/mol. The van der Waals surface area contributed by atoms with Crippen molar-refractivity contribution < 1.29 is 24.5 Å². The largest absolute Gasteiger partial charge is 0.487 e. The van der Waals surface area contributed by atoms with Crippen LogP contribution in [-0.2, 0) is 27.8 Å². The Kier molecular flexibility index (Phi) is 7.16. The number of benzene rings is 1. The Balaban J connectivity index is 2.09. The molecule has 0 fully saturated rings. The lowest BCUT2D eigenvalue weighted by atomic mass is 9.81. The van der Waals surface area contributed by atoms with Crippen molar-refractivity contribution in [2.45, 2.75) is 96.9 Å². The van der Waals surface area contributed by atoms with Crippen molar-refractivity contribution >= 4 is 5.97 Å². The summed E-state index contributed by atoms with van der Waals surface area (Å²) in [7, 11) is 0. The summed E-state index contributed by atoms with van der Waals surface area (Å²) in [5.41, 5.74) is 3.33. The van der Waals surface area contributed by atoms with Gasteiger partial charge < -0.3 is 19.7 Å². The molecular formula is C23H36O5. The van der Waals surface area contributed by atoms with E-state index < -0.39 is 18.2 Å². The summed E-state index contributed by atoms with van der Waals surface area (Å²) in [5, 5.41) is 20.5. The number of hydrogen-bond acceptors (Lipinski definition) is 5. The van der Waals surface area contributed by atoms with Gasteiger partial charge >= 0.3 is 5.97 Å². The van der Waals surface area contributed by atoms with E-state index in [1.165, 1.54) is 11.1 Å². The lowest BCUT2D eigenvalue weighted by molar-refractivity contribution is -0.145. The number of hydrogen-bond donors (Lipinski definition) is 2. The molecule has 1 aromatic rings. The highest BCUT2D eigenvalue weighted by molar-refractivity contribution is 5.69. The number of fused-ring (bicyclic) bond motifs is 1. The highest BCUT2D eigenvalue weighted by Gasteiger charge is 2.34. The molecule has 0 radical (unpaired) electrons. The fraction of sp³-hybridized carbons (Fsp3) is 0.696. The molecule has 0 aromatic heterocycles. The lowest BCUT2D eigenvalue weighted by Gasteiger charge is -2.26. The Morgan fingerprint density at radius 1 is 1.25 bits per heavy atom. The molecule has 158 valence electrons. The normalized spacial score (nSPS) is 17.6. The van der Waals surface area contributed by atoms with Gasteiger partial charge in [0, 0.05) is 6.42 Å². The smallest absolute Gasteiger partial charge is 0.308 e. The number of carbonyl (C=O) groups excluding carboxylic acids is 1. The SMILES string of the molecule is CCOC(=O)CC(O)CC(O)CCc1c(C(C)(C)C)ccc2c1OC(C)(C)C2. The fourth-order valence-corrected chi connectivity index (χ4v) is 3.90. The second-order valence-electron chi connectivity index (χ2n) is 9.46. The van der Waals surface area contributed by atoms with Crippen LogP contribution in [0.15, 0.2) is 12.1 Å². The molecule has 1 aliphatic rings. The highest BCUT2D eigenvalue weighted by Crippen LogP contribution is 2.42. The third kappa shape index (κ3) is 5.95. The molecule has 1 heterocycles. The van der Waals surface area contributed by atoms with Crippen LogP contribution in [0.2, 0.25) is 0 Å². The second-order valence-corrected chi connectivity index (χ2v) is 9.46. The van der Waals surface area contributed by atoms with Gasteiger partial charge in [0.05, 0.1) is 25.2 Å². The van der Waals surface area contributed by atoms with E-state index in [2.05, 4.69) is 46.8 Å². The molecule has 1 aliphatic heterocycles. The van der Waals surface area contributed by atoms with Crippen LogP contribution in [0, 0.1) is 0 Å². The Morgan fingerprint density at radius 2 is 1.93 bits per heavy atom. The van der Waals surface area contributed by atoms with Gasteiger partial charge in [-0.15, -0.1) is 0 Å². The van der Waals surface area contributed by atoms with Gasteiger partial charge in [0.1, 0.15) is 11.4 Å². The molecule has 0 aliphatic carbocycles. The summed E-state index contributed by atoms with van der Waals surface area (Å²) in [6.45, 7) is 12.7. The van der Waals surface area contributed by atoms with Crippen molar-refractivity contribution in [3.63, 3.8) is 0 Å². The quantitative estimate of drug-likeness (QED) is 0.660. The minimum Gasteiger partial charge on any atom is -0.487 e. The molecule has 5 heteroatoms. The summed E-state index contributed by atoms with van der Waals surface area (Å²) >= 11 is 0. The average Bonchev–Trinajstić information content (AvgIpc) is 2.85. The van der Waals surface area contributed by atoms with Gasteiger partial charge in [-0.25, -0.2) is 0 Å². The van der Waals surface area contributed by atoms with Crippen molar-refractivity contribution in [1.82, 2.24) is 0 Å². The minimum absolute atomic E-state index is 0.0329. The number of ether oxygens (including phenoxy) is 2. The summed E-state index contributed by atoms with van der Waals surface area (Å²) in [6.07, 6.45) is 0.528. The number of aliphatic hydroxyl groups is 2. The molecule has 5 nitrogen and oxygen atoms in total. The Morgan fingerprint density at radius 3 is 2.54 bits per heavy atom. The molecule has 2 N–H and O–H groups in total. The first-order valence-electron chi connectivity index (χ1n) is 10.3. The van der Waals surface area contributed by atoms with Gasteiger partial charge in [0.2, 0.25) is 0 Å². The average molecular weight is 393 g/mol. The maximum atomic E-state index is 11.5. The molecule has 28 heavy (non-hydrogen) atoms. The predicted octanol–water partition coefficient (Wildman–Crippen LogP) is 3.70. The van der Waals surface area contributed by atoms with Crippen LogP contribution < -0.4 is 4.74 Å². The maximum absolute atomic E-state index is 11.5. The number of rotatable bonds is 8. The predicted molar refractivity (Wildman–Crippen MR) is 110 cm³/mol. The number of esters is 1. The van der Waals surface area contributed by atoms with E-state index >= 15 is 0 Å². The zero-order chi connectivity index (χ0) is 21.1. The third-order valence-corrected chi connectivity index (χ3v) is 5.12. The van der Waals surface area contributed by atoms with Crippen LogP contribution in [0.5, 0.6) is 5.75 Å². The van der Waals surface area contributed by atoms with Gasteiger partial charge in [-0.1, -0.05) is 32.9 Å². The van der Waals surface area contributed by atoms with E-state index in [0.717, 1.165) is 17.7 Å². The van der Waals surface area contributed by atoms with Crippen molar-refractivity contribution in [3.8, 4) is 5.75 Å². The summed E-state index contributed by atoms with van der Waals surface area (Å²) in [5.74, 6) is 0.519. The van der Waals surface area contributed by atoms with Crippen LogP contribution >= 0.6 is 0 Å². The van der Waals surface area contributed by atoms with E-state index in [9.17, 15) is 15.0 Å². The van der Waals surface area contributed by atoms with E-state index in [-0.39, 0.29) is 23.9 Å². The lowest BCUT2D eigenvalue weighted by Crippen LogP contribution is -2.25. The first-order chi connectivity index (χ1) is 12.9. The molecule has 0 saturated heterocycles. The third-order valence-electron chi connectivity index (χ3n) is 5.12. The van der Waals surface area contributed by atoms with Crippen LogP contribution in [0.3, 0.4) is 0 Å². The molecule has 2 unspecified atom stereocenters. The van der Waals surface area contributed by atoms with E-state index in [0.29, 0.717) is 19.4 Å². The van der Waals surface area contributed by atoms with E-state index in [4.69, 9.17) is 9.47 Å². The molecule has 2 atom stereocenters. The van der Waals surface area contributed by atoms with Gasteiger partial charge in [0.25, 0.3) is 0 Å². The number of carbonyl (C=O) groups is 1. The fourth-order valence-electron chi connectivity index (χ4n) is 3.90. The Bertz CT molecular complexity index is 687. The first kappa shape index (κ1) is 22.7. The molecule has 0 bridgehead atoms. The van der Waals surface area contributed by atoms with Gasteiger partial charge in [-0.05, 0) is 62.1 Å². The van der Waals surface area contributed by atoms with E-state index in [1.54, 1.807) is 6.92 Å². The van der Waals surface area contributed by atoms with Crippen molar-refractivity contribution in [2.75, 3.05) is 6.61 Å². The number of aliphatic hydroxyl groups excluding tert-OH is 2. The molecule has 1 aromatic carbocycles. The second kappa shape index (κ2) is 8.83. The standard InChI is InChI=1S/C23H36O5/c1-7-27-20(26)13-17(25)12-16(24)9-10-18-19(22(2,3)4)11-8-15-14-23(5,6)28-21(15)18/h8,11,16-17,24-25H,7,9-10,12-14H2,1-6H3.